The molecular weight excluding hydrogens is 1310 g/mol. The molecule has 0 aromatic carbocycles. The van der Waals surface area contributed by atoms with Crippen LogP contribution < -0.4 is 10.6 Å². The van der Waals surface area contributed by atoms with Crippen LogP contribution in [0.2, 0.25) is 0 Å². The lowest BCUT2D eigenvalue weighted by Gasteiger charge is -2.47. The van der Waals surface area contributed by atoms with Crippen molar-refractivity contribution < 1.29 is 116 Å². The van der Waals surface area contributed by atoms with Crippen LogP contribution in [0.5, 0.6) is 0 Å². The summed E-state index contributed by atoms with van der Waals surface area (Å²) in [5, 5.41) is 72.9. The van der Waals surface area contributed by atoms with Gasteiger partial charge >= 0.3 is 27.6 Å². The van der Waals surface area contributed by atoms with Crippen molar-refractivity contribution in [1.29, 1.82) is 0 Å². The number of esters is 2. The molecule has 2 amide bonds. The van der Waals surface area contributed by atoms with Crippen molar-refractivity contribution in [1.82, 2.24) is 10.6 Å². The highest BCUT2D eigenvalue weighted by molar-refractivity contribution is 7.46. The van der Waals surface area contributed by atoms with Gasteiger partial charge in [-0.05, 0) is 25.7 Å². The first-order valence-electron chi connectivity index (χ1n) is 37.9. The van der Waals surface area contributed by atoms with Crippen LogP contribution in [0.25, 0.3) is 0 Å². The molecular formula is C70H134N2O24P2. The van der Waals surface area contributed by atoms with Crippen LogP contribution in [0, 0.1) is 0 Å². The Labute approximate surface area is 586 Å². The summed E-state index contributed by atoms with van der Waals surface area (Å²) in [6.45, 7) is 5.31. The van der Waals surface area contributed by atoms with Crippen LogP contribution in [0.4, 0.5) is 0 Å². The smallest absolute Gasteiger partial charge is 0.457 e. The highest BCUT2D eigenvalue weighted by Crippen LogP contribution is 2.43. The number of amides is 2. The van der Waals surface area contributed by atoms with Crippen molar-refractivity contribution in [2.24, 2.45) is 0 Å². The lowest BCUT2D eigenvalue weighted by molar-refractivity contribution is -0.305. The molecule has 0 bridgehead atoms. The molecule has 14 atom stereocenters. The maximum Gasteiger partial charge on any atom is 0.470 e. The van der Waals surface area contributed by atoms with E-state index < -0.39 is 177 Å². The zero-order valence-corrected chi connectivity index (χ0v) is 61.9. The number of aliphatic hydroxyl groups excluding tert-OH is 6. The molecule has 2 saturated heterocycles. The minimum absolute atomic E-state index is 0.205. The van der Waals surface area contributed by atoms with Gasteiger partial charge in [-0.15, -0.1) is 0 Å². The van der Waals surface area contributed by atoms with E-state index in [0.717, 1.165) is 154 Å². The van der Waals surface area contributed by atoms with Gasteiger partial charge in [0.15, 0.2) is 24.8 Å². The number of rotatable bonds is 63. The van der Waals surface area contributed by atoms with E-state index in [9.17, 15) is 78.5 Å². The van der Waals surface area contributed by atoms with Crippen LogP contribution in [-0.4, -0.2) is 186 Å². The molecule has 0 radical (unpaired) electrons. The average Bonchev–Trinajstić information content (AvgIpc) is 0.789. The van der Waals surface area contributed by atoms with Gasteiger partial charge in [0.05, 0.1) is 76.5 Å². The van der Waals surface area contributed by atoms with Crippen molar-refractivity contribution in [3.8, 4) is 0 Å². The summed E-state index contributed by atoms with van der Waals surface area (Å²) in [5.41, 5.74) is 0. The molecule has 2 aliphatic heterocycles. The van der Waals surface area contributed by atoms with Crippen molar-refractivity contribution in [2.45, 2.75) is 396 Å². The number of hydrogen-bond donors (Lipinski definition) is 12. The zero-order chi connectivity index (χ0) is 72.4. The summed E-state index contributed by atoms with van der Waals surface area (Å²) >= 11 is 0. The Morgan fingerprint density at radius 1 is 0.408 bits per heavy atom. The molecule has 2 rings (SSSR count). The molecule has 0 spiro atoms. The molecule has 578 valence electrons. The second kappa shape index (κ2) is 56.1. The van der Waals surface area contributed by atoms with Gasteiger partial charge in [-0.1, -0.05) is 259 Å². The summed E-state index contributed by atoms with van der Waals surface area (Å²) < 4.78 is 70.6. The second-order valence-corrected chi connectivity index (χ2v) is 29.8. The predicted octanol–water partition coefficient (Wildman–Crippen LogP) is 10.9. The van der Waals surface area contributed by atoms with Crippen LogP contribution in [0.15, 0.2) is 0 Å². The van der Waals surface area contributed by atoms with Gasteiger partial charge in [0.1, 0.15) is 36.5 Å². The summed E-state index contributed by atoms with van der Waals surface area (Å²) in [6.07, 6.45) is 15.5. The number of nitrogens with one attached hydrogen (secondary N) is 2. The largest absolute Gasteiger partial charge is 0.470 e. The van der Waals surface area contributed by atoms with E-state index in [1.165, 1.54) is 51.4 Å². The Kier molecular flexibility index (Phi) is 52.6. The summed E-state index contributed by atoms with van der Waals surface area (Å²) in [5.74, 6) is -3.78. The Morgan fingerprint density at radius 2 is 0.724 bits per heavy atom. The number of phosphoric ester groups is 2. The van der Waals surface area contributed by atoms with E-state index in [1.807, 2.05) is 0 Å². The highest BCUT2D eigenvalue weighted by atomic mass is 31.2. The second-order valence-electron chi connectivity index (χ2n) is 27.3. The normalized spacial score (nSPS) is 22.7. The first-order valence-corrected chi connectivity index (χ1v) is 41.0. The molecule has 28 heteroatoms. The Hall–Kier alpha value is -2.30. The van der Waals surface area contributed by atoms with Crippen LogP contribution in [-0.2, 0) is 65.8 Å². The third-order valence-electron chi connectivity index (χ3n) is 18.2. The minimum atomic E-state index is -5.56. The lowest BCUT2D eigenvalue weighted by Crippen LogP contribution is -2.68. The van der Waals surface area contributed by atoms with Gasteiger partial charge in [0.2, 0.25) is 11.8 Å². The molecule has 0 aliphatic carbocycles. The average molecular weight is 1450 g/mol. The summed E-state index contributed by atoms with van der Waals surface area (Å²) in [4.78, 5) is 95.5. The lowest BCUT2D eigenvalue weighted by atomic mass is 9.95. The van der Waals surface area contributed by atoms with Crippen molar-refractivity contribution >= 4 is 39.4 Å². The molecule has 2 fully saturated rings. The number of ether oxygens (including phenoxy) is 6. The molecule has 2 aliphatic rings. The van der Waals surface area contributed by atoms with E-state index in [1.54, 1.807) is 0 Å². The van der Waals surface area contributed by atoms with E-state index in [2.05, 4.69) is 42.9 Å². The fraction of sp³-hybridized carbons (Fsp3) is 0.943. The van der Waals surface area contributed by atoms with Crippen LogP contribution in [0.1, 0.15) is 310 Å². The molecule has 26 nitrogen and oxygen atoms in total. The molecule has 0 saturated carbocycles. The third kappa shape index (κ3) is 45.0. The molecule has 0 aromatic heterocycles. The fourth-order valence-corrected chi connectivity index (χ4v) is 13.5. The van der Waals surface area contributed by atoms with Gasteiger partial charge in [-0.25, -0.2) is 9.13 Å². The fourth-order valence-electron chi connectivity index (χ4n) is 12.6. The molecule has 12 N–H and O–H groups in total. The van der Waals surface area contributed by atoms with Crippen molar-refractivity contribution in [3.05, 3.63) is 0 Å². The van der Waals surface area contributed by atoms with E-state index >= 15 is 0 Å². The summed E-state index contributed by atoms with van der Waals surface area (Å²) in [7, 11) is -10.6. The first kappa shape index (κ1) is 91.8. The van der Waals surface area contributed by atoms with Gasteiger partial charge < -0.3 is 89.3 Å². The molecule has 0 aromatic rings. The number of carbonyl (C=O) groups is 4. The number of phosphoric acid groups is 2. The van der Waals surface area contributed by atoms with Crippen molar-refractivity contribution in [2.75, 3.05) is 26.4 Å². The van der Waals surface area contributed by atoms with E-state index in [-0.39, 0.29) is 25.7 Å². The SMILES string of the molecule is CCCCCCCCCCC[C@@H](O)CC(=O)N[C@H]1[C@H](OC[C@H]2O[C@@H](OCCOP(=O)(O)O)[C@H](NC(=O)C[C@H](O)CCCCCCCCCCC)[C@@H](OC(=O)C[C@H](O)CCCCCCCCCCC)[C@@H]2O)O[C@H](CO)[C@@H](OP(=O)(O)O)[C@@H]1OC(=O)C[C@H](O)CCCCCCCCCCC. The van der Waals surface area contributed by atoms with Crippen LogP contribution in [0.3, 0.4) is 0 Å². The number of aliphatic hydroxyl groups is 6. The van der Waals surface area contributed by atoms with Crippen molar-refractivity contribution in [3.63, 3.8) is 0 Å². The minimum Gasteiger partial charge on any atom is -0.457 e. The number of carbonyl (C=O) groups excluding carboxylic acids is 4. The predicted molar refractivity (Wildman–Crippen MR) is 371 cm³/mol. The topological polar surface area (TPSA) is 403 Å². The quantitative estimate of drug-likeness (QED) is 0.0153. The van der Waals surface area contributed by atoms with Gasteiger partial charge in [-0.2, -0.15) is 0 Å². The van der Waals surface area contributed by atoms with E-state index in [0.29, 0.717) is 25.7 Å². The van der Waals surface area contributed by atoms with Crippen LogP contribution >= 0.6 is 15.6 Å². The molecule has 0 unspecified atom stereocenters. The Balaban J connectivity index is 2.60. The standard InChI is InChI=1S/C70H134N2O24P2/c1-5-9-13-17-21-25-29-33-37-41-53(74)47-59(78)71-63-67(94-61(80)49-55(76)43-39-35-31-27-23-19-15-11-7-3)65(82)58(93-69(63)89-45-46-91-97(83,84)85)52-90-70-64(72-60(79)48-54(75)42-38-34-30-26-22-18-14-10-6-2)68(66(57(51-73)92-70)96-98(86,87)88)95-62(81)50-56(77)44-40-36-32-28-24-20-16-12-8-4/h53-58,63-70,73-77,82H,5-52H2,1-4H3,(H,71,78)(H,72,79)(H2,83,84,85)(H2,86,87,88)/t53-,54-,55-,56-,57-,58-,63-,64-,65-,66-,67-,68-,69-,70-/m1/s1. The maximum absolute atomic E-state index is 14.1. The third-order valence-corrected chi connectivity index (χ3v) is 19.2. The Morgan fingerprint density at radius 3 is 1.07 bits per heavy atom. The first-order chi connectivity index (χ1) is 46.9. The van der Waals surface area contributed by atoms with E-state index in [4.69, 9.17) is 32.9 Å². The maximum atomic E-state index is 14.1. The Bertz CT molecular complexity index is 2130. The number of unbranched alkanes of at least 4 members (excludes halogenated alkanes) is 32. The highest BCUT2D eigenvalue weighted by Gasteiger charge is 2.54. The zero-order valence-electron chi connectivity index (χ0n) is 60.1. The summed E-state index contributed by atoms with van der Waals surface area (Å²) in [6, 6.07) is -3.45. The molecule has 98 heavy (non-hydrogen) atoms. The van der Waals surface area contributed by atoms with Gasteiger partial charge in [-0.3, -0.25) is 28.2 Å². The number of hydrogen-bond acceptors (Lipinski definition) is 20. The molecule has 2 heterocycles. The monoisotopic (exact) mass is 1450 g/mol. The van der Waals surface area contributed by atoms with Gasteiger partial charge in [0.25, 0.3) is 0 Å². The van der Waals surface area contributed by atoms with Gasteiger partial charge in [0, 0.05) is 0 Å².